The van der Waals surface area contributed by atoms with Crippen LogP contribution < -0.4 is 14.4 Å². The number of carbonyl (C=O) groups is 1. The van der Waals surface area contributed by atoms with Gasteiger partial charge in [0.1, 0.15) is 12.3 Å². The summed E-state index contributed by atoms with van der Waals surface area (Å²) in [6.07, 6.45) is 0. The minimum Gasteiger partial charge on any atom is -0.494 e. The predicted octanol–water partition coefficient (Wildman–Crippen LogP) is 4.84. The van der Waals surface area contributed by atoms with Crippen molar-refractivity contribution < 1.29 is 17.9 Å². The Hall–Kier alpha value is -3.32. The van der Waals surface area contributed by atoms with Gasteiger partial charge in [0.25, 0.3) is 10.0 Å². The Morgan fingerprint density at radius 1 is 0.938 bits per heavy atom. The number of carbonyl (C=O) groups excluding carboxylic acids is 1. The number of sulfonamides is 1. The fourth-order valence-corrected chi connectivity index (χ4v) is 5.02. The third-order valence-corrected chi connectivity index (χ3v) is 6.78. The van der Waals surface area contributed by atoms with Crippen molar-refractivity contribution in [2.75, 3.05) is 22.8 Å². The van der Waals surface area contributed by atoms with Gasteiger partial charge in [-0.15, -0.1) is 0 Å². The van der Waals surface area contributed by atoms with Crippen molar-refractivity contribution in [3.63, 3.8) is 0 Å². The van der Waals surface area contributed by atoms with Gasteiger partial charge in [0.2, 0.25) is 5.91 Å². The molecule has 0 aliphatic heterocycles. The van der Waals surface area contributed by atoms with Crippen molar-refractivity contribution in [3.8, 4) is 5.75 Å². The topological polar surface area (TPSA) is 75.7 Å². The molecule has 0 atom stereocenters. The molecule has 3 rings (SSSR count). The fourth-order valence-electron chi connectivity index (χ4n) is 3.60. The lowest BCUT2D eigenvalue weighted by Crippen LogP contribution is -2.38. The first-order valence-electron chi connectivity index (χ1n) is 10.4. The van der Waals surface area contributed by atoms with Crippen LogP contribution in [0.3, 0.4) is 0 Å². The highest BCUT2D eigenvalue weighted by atomic mass is 32.2. The van der Waals surface area contributed by atoms with Gasteiger partial charge < -0.3 is 10.1 Å². The largest absolute Gasteiger partial charge is 0.494 e. The Bertz CT molecular complexity index is 1170. The molecule has 3 aromatic carbocycles. The number of benzene rings is 3. The molecular weight excluding hydrogens is 424 g/mol. The second-order valence-corrected chi connectivity index (χ2v) is 9.44. The van der Waals surface area contributed by atoms with Crippen LogP contribution in [0.15, 0.2) is 71.6 Å². The van der Waals surface area contributed by atoms with Gasteiger partial charge in [0, 0.05) is 5.69 Å². The first-order chi connectivity index (χ1) is 15.2. The molecule has 1 amide bonds. The second kappa shape index (κ2) is 9.87. The van der Waals surface area contributed by atoms with Gasteiger partial charge >= 0.3 is 0 Å². The quantitative estimate of drug-likeness (QED) is 0.530. The monoisotopic (exact) mass is 452 g/mol. The third kappa shape index (κ3) is 5.29. The SMILES string of the molecule is CCOc1ccc(S(=O)(=O)N(CC(=O)Nc2c(C)cc(C)cc2C)c2ccccc2)cc1. The van der Waals surface area contributed by atoms with Crippen molar-refractivity contribution in [2.24, 2.45) is 0 Å². The van der Waals surface area contributed by atoms with E-state index in [1.165, 1.54) is 12.1 Å². The molecule has 0 aliphatic carbocycles. The lowest BCUT2D eigenvalue weighted by atomic mass is 10.1. The number of nitrogens with one attached hydrogen (secondary N) is 1. The first kappa shape index (κ1) is 23.3. The van der Waals surface area contributed by atoms with E-state index in [1.54, 1.807) is 42.5 Å². The van der Waals surface area contributed by atoms with E-state index in [9.17, 15) is 13.2 Å². The first-order valence-corrected chi connectivity index (χ1v) is 11.8. The summed E-state index contributed by atoms with van der Waals surface area (Å²) in [5.41, 5.74) is 4.07. The Kier molecular flexibility index (Phi) is 7.20. The normalized spacial score (nSPS) is 11.1. The van der Waals surface area contributed by atoms with Crippen LogP contribution in [0.25, 0.3) is 0 Å². The average molecular weight is 453 g/mol. The summed E-state index contributed by atoms with van der Waals surface area (Å²) in [5, 5.41) is 2.89. The molecule has 7 heteroatoms. The summed E-state index contributed by atoms with van der Waals surface area (Å²) in [6.45, 7) is 7.82. The van der Waals surface area contributed by atoms with Crippen LogP contribution in [0.5, 0.6) is 5.75 Å². The summed E-state index contributed by atoms with van der Waals surface area (Å²) in [4.78, 5) is 13.0. The fraction of sp³-hybridized carbons (Fsp3) is 0.240. The smallest absolute Gasteiger partial charge is 0.264 e. The van der Waals surface area contributed by atoms with Gasteiger partial charge in [-0.25, -0.2) is 8.42 Å². The van der Waals surface area contributed by atoms with Crippen LogP contribution in [0.2, 0.25) is 0 Å². The van der Waals surface area contributed by atoms with Crippen molar-refractivity contribution >= 4 is 27.3 Å². The van der Waals surface area contributed by atoms with E-state index in [1.807, 2.05) is 39.8 Å². The van der Waals surface area contributed by atoms with E-state index in [2.05, 4.69) is 5.32 Å². The van der Waals surface area contributed by atoms with Gasteiger partial charge in [0.05, 0.1) is 17.2 Å². The molecule has 6 nitrogen and oxygen atoms in total. The number of aryl methyl sites for hydroxylation is 3. The van der Waals surface area contributed by atoms with Gasteiger partial charge in [-0.3, -0.25) is 9.10 Å². The average Bonchev–Trinajstić information content (AvgIpc) is 2.75. The molecule has 0 unspecified atom stereocenters. The molecule has 0 heterocycles. The molecule has 0 saturated heterocycles. The molecule has 32 heavy (non-hydrogen) atoms. The molecule has 1 N–H and O–H groups in total. The van der Waals surface area contributed by atoms with Crippen molar-refractivity contribution in [3.05, 3.63) is 83.4 Å². The lowest BCUT2D eigenvalue weighted by molar-refractivity contribution is -0.114. The van der Waals surface area contributed by atoms with Crippen LogP contribution in [-0.4, -0.2) is 27.5 Å². The minimum absolute atomic E-state index is 0.0836. The Morgan fingerprint density at radius 3 is 2.09 bits per heavy atom. The maximum atomic E-state index is 13.5. The van der Waals surface area contributed by atoms with Crippen molar-refractivity contribution in [1.29, 1.82) is 0 Å². The zero-order valence-corrected chi connectivity index (χ0v) is 19.6. The van der Waals surface area contributed by atoms with E-state index in [-0.39, 0.29) is 11.4 Å². The van der Waals surface area contributed by atoms with Gasteiger partial charge in [-0.1, -0.05) is 35.9 Å². The Labute approximate surface area is 189 Å². The molecule has 0 spiro atoms. The van der Waals surface area contributed by atoms with Crippen molar-refractivity contribution in [2.45, 2.75) is 32.6 Å². The van der Waals surface area contributed by atoms with Crippen LogP contribution in [0.1, 0.15) is 23.6 Å². The predicted molar refractivity (Wildman–Crippen MR) is 128 cm³/mol. The summed E-state index contributed by atoms with van der Waals surface area (Å²) in [6, 6.07) is 18.8. The molecule has 0 aliphatic rings. The van der Waals surface area contributed by atoms with E-state index in [4.69, 9.17) is 4.74 Å². The van der Waals surface area contributed by atoms with E-state index < -0.39 is 15.9 Å². The van der Waals surface area contributed by atoms with Gasteiger partial charge in [0.15, 0.2) is 0 Å². The number of hydrogen-bond acceptors (Lipinski definition) is 4. The van der Waals surface area contributed by atoms with E-state index in [0.717, 1.165) is 21.0 Å². The highest BCUT2D eigenvalue weighted by Gasteiger charge is 2.27. The second-order valence-electron chi connectivity index (χ2n) is 7.57. The highest BCUT2D eigenvalue weighted by molar-refractivity contribution is 7.92. The standard InChI is InChI=1S/C25H28N2O4S/c1-5-31-22-11-13-23(14-12-22)32(29,30)27(21-9-7-6-8-10-21)17-24(28)26-25-19(3)15-18(2)16-20(25)4/h6-16H,5,17H2,1-4H3,(H,26,28). The number of rotatable bonds is 8. The summed E-state index contributed by atoms with van der Waals surface area (Å²) in [7, 11) is -3.98. The zero-order valence-electron chi connectivity index (χ0n) is 18.8. The maximum Gasteiger partial charge on any atom is 0.264 e. The molecule has 0 fully saturated rings. The summed E-state index contributed by atoms with van der Waals surface area (Å²) in [5.74, 6) is 0.166. The van der Waals surface area contributed by atoms with Crippen LogP contribution in [0, 0.1) is 20.8 Å². The molecule has 0 radical (unpaired) electrons. The lowest BCUT2D eigenvalue weighted by Gasteiger charge is -2.24. The third-order valence-electron chi connectivity index (χ3n) is 5.00. The highest BCUT2D eigenvalue weighted by Crippen LogP contribution is 2.26. The summed E-state index contributed by atoms with van der Waals surface area (Å²) < 4.78 is 33.5. The number of para-hydroxylation sites is 1. The minimum atomic E-state index is -3.98. The maximum absolute atomic E-state index is 13.5. The number of ether oxygens (including phenoxy) is 1. The van der Waals surface area contributed by atoms with Crippen LogP contribution in [0.4, 0.5) is 11.4 Å². The molecule has 0 saturated carbocycles. The van der Waals surface area contributed by atoms with Crippen LogP contribution >= 0.6 is 0 Å². The molecule has 0 bridgehead atoms. The zero-order chi connectivity index (χ0) is 23.3. The van der Waals surface area contributed by atoms with E-state index in [0.29, 0.717) is 23.7 Å². The molecular formula is C25H28N2O4S. The van der Waals surface area contributed by atoms with Crippen molar-refractivity contribution in [1.82, 2.24) is 0 Å². The number of amides is 1. The number of nitrogens with zero attached hydrogens (tertiary/aromatic N) is 1. The van der Waals surface area contributed by atoms with Gasteiger partial charge in [-0.05, 0) is 75.2 Å². The Balaban J connectivity index is 1.92. The van der Waals surface area contributed by atoms with Gasteiger partial charge in [-0.2, -0.15) is 0 Å². The van der Waals surface area contributed by atoms with E-state index >= 15 is 0 Å². The Morgan fingerprint density at radius 2 is 1.53 bits per heavy atom. The summed E-state index contributed by atoms with van der Waals surface area (Å²) >= 11 is 0. The number of hydrogen-bond donors (Lipinski definition) is 1. The van der Waals surface area contributed by atoms with Crippen LogP contribution in [-0.2, 0) is 14.8 Å². The molecule has 3 aromatic rings. The number of anilines is 2. The molecule has 168 valence electrons. The molecule has 0 aromatic heterocycles.